The lowest BCUT2D eigenvalue weighted by molar-refractivity contribution is -0.215. The van der Waals surface area contributed by atoms with E-state index < -0.39 is 45.9 Å². The molecule has 1 aliphatic rings. The molecule has 36 heavy (non-hydrogen) atoms. The third-order valence-corrected chi connectivity index (χ3v) is 7.19. The number of urea groups is 1. The maximum absolute atomic E-state index is 13.8. The minimum Gasteiger partial charge on any atom is -0.468 e. The van der Waals surface area contributed by atoms with E-state index in [1.54, 1.807) is 17.0 Å². The Morgan fingerprint density at radius 2 is 1.58 bits per heavy atom. The third-order valence-electron chi connectivity index (χ3n) is 5.66. The van der Waals surface area contributed by atoms with Gasteiger partial charge < -0.3 is 28.6 Å². The molecule has 1 unspecified atom stereocenters. The van der Waals surface area contributed by atoms with Gasteiger partial charge in [0.15, 0.2) is 16.4 Å². The number of hydrogen-bond acceptors (Lipinski definition) is 10. The summed E-state index contributed by atoms with van der Waals surface area (Å²) in [6.07, 6.45) is 2.77. The van der Waals surface area contributed by atoms with Crippen molar-refractivity contribution in [3.8, 4) is 0 Å². The summed E-state index contributed by atoms with van der Waals surface area (Å²) in [5, 5.41) is 0. The zero-order valence-electron chi connectivity index (χ0n) is 21.8. The molecule has 204 valence electrons. The minimum absolute atomic E-state index is 0.263. The van der Waals surface area contributed by atoms with Gasteiger partial charge in [0, 0.05) is 19.6 Å². The lowest BCUT2D eigenvalue weighted by Gasteiger charge is -2.43. The zero-order chi connectivity index (χ0) is 26.9. The van der Waals surface area contributed by atoms with E-state index in [1.807, 2.05) is 38.0 Å². The molecule has 1 fully saturated rings. The predicted molar refractivity (Wildman–Crippen MR) is 132 cm³/mol. The van der Waals surface area contributed by atoms with Crippen LogP contribution in [0.4, 0.5) is 4.79 Å². The van der Waals surface area contributed by atoms with Crippen molar-refractivity contribution in [3.05, 3.63) is 24.2 Å². The second kappa shape index (κ2) is 13.1. The fraction of sp³-hybridized carbons (Fsp3) is 0.696. The van der Waals surface area contributed by atoms with Crippen molar-refractivity contribution in [1.29, 1.82) is 0 Å². The van der Waals surface area contributed by atoms with Crippen LogP contribution >= 0.6 is 0 Å². The lowest BCUT2D eigenvalue weighted by atomic mass is 10.2. The second-order valence-electron chi connectivity index (χ2n) is 9.55. The van der Waals surface area contributed by atoms with E-state index in [0.29, 0.717) is 25.9 Å². The van der Waals surface area contributed by atoms with Crippen LogP contribution in [0.15, 0.2) is 22.8 Å². The predicted octanol–water partition coefficient (Wildman–Crippen LogP) is 0.638. The zero-order valence-corrected chi connectivity index (χ0v) is 22.6. The molecule has 2 heterocycles. The van der Waals surface area contributed by atoms with Crippen LogP contribution in [-0.2, 0) is 34.7 Å². The average Bonchev–Trinajstić information content (AvgIpc) is 3.27. The molecule has 1 atom stereocenters. The SMILES string of the molecule is CN(C)CCCN(CCCN(C)C)C(=O)N(CCS(=O)(=O)Cc1ccco1)C1(C)COC(=O)C(=O)O1. The fourth-order valence-electron chi connectivity index (χ4n) is 3.74. The third kappa shape index (κ3) is 9.10. The minimum atomic E-state index is -3.67. The Morgan fingerprint density at radius 1 is 0.972 bits per heavy atom. The molecule has 1 aliphatic heterocycles. The molecule has 2 amide bonds. The Hall–Kier alpha value is -2.64. The fourth-order valence-corrected chi connectivity index (χ4v) is 4.94. The molecule has 13 heteroatoms. The van der Waals surface area contributed by atoms with Gasteiger partial charge in [-0.15, -0.1) is 0 Å². The number of furan rings is 1. The van der Waals surface area contributed by atoms with E-state index in [0.717, 1.165) is 13.1 Å². The van der Waals surface area contributed by atoms with Gasteiger partial charge in [-0.05, 0) is 73.2 Å². The monoisotopic (exact) mass is 530 g/mol. The Morgan fingerprint density at radius 3 is 2.08 bits per heavy atom. The number of hydrogen-bond donors (Lipinski definition) is 0. The molecule has 0 saturated carbocycles. The molecule has 12 nitrogen and oxygen atoms in total. The molecule has 0 bridgehead atoms. The lowest BCUT2D eigenvalue weighted by Crippen LogP contribution is -2.63. The molecule has 0 N–H and O–H groups in total. The molecule has 1 saturated heterocycles. The second-order valence-corrected chi connectivity index (χ2v) is 11.7. The molecule has 0 aromatic carbocycles. The topological polar surface area (TPSA) is 130 Å². The molecular formula is C23H38N4O8S. The van der Waals surface area contributed by atoms with E-state index in [1.165, 1.54) is 18.1 Å². The van der Waals surface area contributed by atoms with Gasteiger partial charge in [0.2, 0.25) is 5.72 Å². The van der Waals surface area contributed by atoms with E-state index in [2.05, 4.69) is 0 Å². The first kappa shape index (κ1) is 29.6. The number of ether oxygens (including phenoxy) is 2. The number of cyclic esters (lactones) is 2. The smallest absolute Gasteiger partial charge is 0.419 e. The van der Waals surface area contributed by atoms with E-state index >= 15 is 0 Å². The van der Waals surface area contributed by atoms with Gasteiger partial charge in [0.25, 0.3) is 0 Å². The molecule has 2 rings (SSSR count). The van der Waals surface area contributed by atoms with Gasteiger partial charge in [-0.3, -0.25) is 4.90 Å². The van der Waals surface area contributed by atoms with Gasteiger partial charge in [0.1, 0.15) is 11.5 Å². The van der Waals surface area contributed by atoms with Gasteiger partial charge in [0.05, 0.1) is 12.0 Å². The van der Waals surface area contributed by atoms with Crippen LogP contribution in [0.25, 0.3) is 0 Å². The number of rotatable bonds is 14. The highest BCUT2D eigenvalue weighted by atomic mass is 32.2. The van der Waals surface area contributed by atoms with Crippen LogP contribution in [0.5, 0.6) is 0 Å². The van der Waals surface area contributed by atoms with Crippen molar-refractivity contribution in [2.75, 3.05) is 73.3 Å². The highest BCUT2D eigenvalue weighted by Crippen LogP contribution is 2.24. The highest BCUT2D eigenvalue weighted by Gasteiger charge is 2.47. The summed E-state index contributed by atoms with van der Waals surface area (Å²) in [5.74, 6) is -2.83. The largest absolute Gasteiger partial charge is 0.468 e. The van der Waals surface area contributed by atoms with Crippen molar-refractivity contribution < 1.29 is 36.7 Å². The number of nitrogens with zero attached hydrogens (tertiary/aromatic N) is 4. The molecule has 0 radical (unpaired) electrons. The quantitative estimate of drug-likeness (QED) is 0.249. The van der Waals surface area contributed by atoms with Crippen molar-refractivity contribution in [2.24, 2.45) is 0 Å². The summed E-state index contributed by atoms with van der Waals surface area (Å²) >= 11 is 0. The summed E-state index contributed by atoms with van der Waals surface area (Å²) in [7, 11) is 4.07. The van der Waals surface area contributed by atoms with Crippen molar-refractivity contribution >= 4 is 27.8 Å². The maximum atomic E-state index is 13.8. The van der Waals surface area contributed by atoms with Crippen molar-refractivity contribution in [1.82, 2.24) is 19.6 Å². The Bertz CT molecular complexity index is 966. The standard InChI is InChI=1S/C23H38N4O8S/c1-23(18-34-20(28)21(29)35-23)27(14-16-36(31,32)17-19-9-6-15-33-19)22(30)26(12-7-10-24(2)3)13-8-11-25(4)5/h6,9,15H,7-8,10-14,16-18H2,1-5H3. The van der Waals surface area contributed by atoms with Crippen LogP contribution < -0.4 is 0 Å². The Kier molecular flexibility index (Phi) is 10.7. The number of carbonyl (C=O) groups is 3. The first-order valence-electron chi connectivity index (χ1n) is 11.8. The first-order valence-corrected chi connectivity index (χ1v) is 13.6. The highest BCUT2D eigenvalue weighted by molar-refractivity contribution is 7.90. The summed E-state index contributed by atoms with van der Waals surface area (Å²) in [6.45, 7) is 3.11. The Labute approximate surface area is 213 Å². The van der Waals surface area contributed by atoms with Crippen LogP contribution in [0, 0.1) is 0 Å². The average molecular weight is 531 g/mol. The van der Waals surface area contributed by atoms with Crippen LogP contribution in [0.3, 0.4) is 0 Å². The normalized spacial score (nSPS) is 18.3. The van der Waals surface area contributed by atoms with Gasteiger partial charge >= 0.3 is 18.0 Å². The van der Waals surface area contributed by atoms with Crippen LogP contribution in [0.2, 0.25) is 0 Å². The van der Waals surface area contributed by atoms with E-state index in [4.69, 9.17) is 13.9 Å². The van der Waals surface area contributed by atoms with Crippen molar-refractivity contribution in [2.45, 2.75) is 31.2 Å². The van der Waals surface area contributed by atoms with Crippen molar-refractivity contribution in [3.63, 3.8) is 0 Å². The molecule has 0 spiro atoms. The molecule has 0 aliphatic carbocycles. The maximum Gasteiger partial charge on any atom is 0.419 e. The number of sulfone groups is 1. The first-order chi connectivity index (χ1) is 16.8. The molecular weight excluding hydrogens is 492 g/mol. The van der Waals surface area contributed by atoms with Gasteiger partial charge in [-0.25, -0.2) is 22.8 Å². The molecule has 1 aromatic heterocycles. The summed E-state index contributed by atoms with van der Waals surface area (Å²) < 4.78 is 41.0. The summed E-state index contributed by atoms with van der Waals surface area (Å²) in [4.78, 5) is 44.2. The van der Waals surface area contributed by atoms with E-state index in [-0.39, 0.29) is 18.1 Å². The van der Waals surface area contributed by atoms with E-state index in [9.17, 15) is 22.8 Å². The number of carbonyl (C=O) groups excluding carboxylic acids is 3. The van der Waals surface area contributed by atoms with Crippen LogP contribution in [-0.4, -0.2) is 125 Å². The van der Waals surface area contributed by atoms with Crippen LogP contribution in [0.1, 0.15) is 25.5 Å². The number of esters is 2. The summed E-state index contributed by atoms with van der Waals surface area (Å²) in [6, 6.07) is 2.66. The summed E-state index contributed by atoms with van der Waals surface area (Å²) in [5.41, 5.74) is -1.65. The number of amides is 2. The molecule has 1 aromatic rings. The van der Waals surface area contributed by atoms with Gasteiger partial charge in [-0.1, -0.05) is 0 Å². The Balaban J connectivity index is 2.26. The van der Waals surface area contributed by atoms with Gasteiger partial charge in [-0.2, -0.15) is 0 Å².